The number of ether oxygens (including phenoxy) is 1. The SMILES string of the molecule is CC(C)CN(Cc1cnn(C)c1)C(=O)[C@H]1COc2ccccc2C1. The summed E-state index contributed by atoms with van der Waals surface area (Å²) in [6.45, 7) is 6.07. The van der Waals surface area contributed by atoms with Gasteiger partial charge in [0.15, 0.2) is 0 Å². The highest BCUT2D eigenvalue weighted by Crippen LogP contribution is 2.28. The van der Waals surface area contributed by atoms with Gasteiger partial charge in [-0.2, -0.15) is 5.10 Å². The summed E-state index contributed by atoms with van der Waals surface area (Å²) >= 11 is 0. The highest BCUT2D eigenvalue weighted by Gasteiger charge is 2.30. The zero-order chi connectivity index (χ0) is 17.1. The predicted octanol–water partition coefficient (Wildman–Crippen LogP) is 2.66. The Morgan fingerprint density at radius 2 is 2.21 bits per heavy atom. The Labute approximate surface area is 143 Å². The predicted molar refractivity (Wildman–Crippen MR) is 92.6 cm³/mol. The summed E-state index contributed by atoms with van der Waals surface area (Å²) in [5.41, 5.74) is 2.18. The van der Waals surface area contributed by atoms with E-state index >= 15 is 0 Å². The van der Waals surface area contributed by atoms with Crippen LogP contribution in [0.2, 0.25) is 0 Å². The molecule has 1 amide bonds. The fraction of sp³-hybridized carbons (Fsp3) is 0.474. The number of hydrogen-bond acceptors (Lipinski definition) is 3. The molecule has 1 atom stereocenters. The van der Waals surface area contributed by atoms with E-state index in [-0.39, 0.29) is 11.8 Å². The number of carbonyl (C=O) groups excluding carboxylic acids is 1. The molecule has 2 heterocycles. The van der Waals surface area contributed by atoms with Gasteiger partial charge in [0.25, 0.3) is 0 Å². The van der Waals surface area contributed by atoms with Gasteiger partial charge in [-0.05, 0) is 24.0 Å². The van der Waals surface area contributed by atoms with Gasteiger partial charge in [0, 0.05) is 31.9 Å². The molecule has 0 fully saturated rings. The normalized spacial score (nSPS) is 16.6. The van der Waals surface area contributed by atoms with Crippen LogP contribution in [0.25, 0.3) is 0 Å². The summed E-state index contributed by atoms with van der Waals surface area (Å²) in [6.07, 6.45) is 4.54. The molecule has 5 nitrogen and oxygen atoms in total. The maximum atomic E-state index is 13.1. The molecule has 0 bridgehead atoms. The Hall–Kier alpha value is -2.30. The average Bonchev–Trinajstić information content (AvgIpc) is 2.97. The van der Waals surface area contributed by atoms with Crippen LogP contribution >= 0.6 is 0 Å². The fourth-order valence-electron chi connectivity index (χ4n) is 3.19. The summed E-state index contributed by atoms with van der Waals surface area (Å²) in [6, 6.07) is 7.98. The largest absolute Gasteiger partial charge is 0.492 e. The minimum absolute atomic E-state index is 0.115. The third-order valence-electron chi connectivity index (χ3n) is 4.26. The van der Waals surface area contributed by atoms with Gasteiger partial charge >= 0.3 is 0 Å². The van der Waals surface area contributed by atoms with Crippen LogP contribution in [0.5, 0.6) is 5.75 Å². The monoisotopic (exact) mass is 327 g/mol. The highest BCUT2D eigenvalue weighted by molar-refractivity contribution is 5.79. The van der Waals surface area contributed by atoms with Gasteiger partial charge < -0.3 is 9.64 Å². The van der Waals surface area contributed by atoms with Crippen molar-refractivity contribution in [1.29, 1.82) is 0 Å². The molecule has 0 spiro atoms. The van der Waals surface area contributed by atoms with E-state index in [4.69, 9.17) is 4.74 Å². The maximum absolute atomic E-state index is 13.1. The number of rotatable bonds is 5. The average molecular weight is 327 g/mol. The van der Waals surface area contributed by atoms with Crippen molar-refractivity contribution in [3.63, 3.8) is 0 Å². The smallest absolute Gasteiger partial charge is 0.229 e. The lowest BCUT2D eigenvalue weighted by molar-refractivity contribution is -0.138. The van der Waals surface area contributed by atoms with Crippen molar-refractivity contribution >= 4 is 5.91 Å². The van der Waals surface area contributed by atoms with Crippen molar-refractivity contribution in [3.8, 4) is 5.75 Å². The number of carbonyl (C=O) groups is 1. The van der Waals surface area contributed by atoms with E-state index in [1.54, 1.807) is 4.68 Å². The molecule has 0 radical (unpaired) electrons. The Morgan fingerprint density at radius 1 is 1.42 bits per heavy atom. The zero-order valence-electron chi connectivity index (χ0n) is 14.6. The molecule has 0 saturated carbocycles. The fourth-order valence-corrected chi connectivity index (χ4v) is 3.19. The first-order valence-corrected chi connectivity index (χ1v) is 8.50. The van der Waals surface area contributed by atoms with Gasteiger partial charge in [0.1, 0.15) is 12.4 Å². The van der Waals surface area contributed by atoms with E-state index in [2.05, 4.69) is 18.9 Å². The van der Waals surface area contributed by atoms with Crippen molar-refractivity contribution in [3.05, 3.63) is 47.8 Å². The second-order valence-corrected chi connectivity index (χ2v) is 6.95. The van der Waals surface area contributed by atoms with E-state index in [1.165, 1.54) is 0 Å². The molecule has 1 aromatic heterocycles. The Morgan fingerprint density at radius 3 is 2.92 bits per heavy atom. The van der Waals surface area contributed by atoms with Gasteiger partial charge in [0.2, 0.25) is 5.91 Å². The maximum Gasteiger partial charge on any atom is 0.229 e. The van der Waals surface area contributed by atoms with Crippen LogP contribution in [0.3, 0.4) is 0 Å². The molecule has 0 saturated heterocycles. The van der Waals surface area contributed by atoms with Crippen molar-refractivity contribution in [2.75, 3.05) is 13.2 Å². The zero-order valence-corrected chi connectivity index (χ0v) is 14.6. The number of fused-ring (bicyclic) bond motifs is 1. The first-order valence-electron chi connectivity index (χ1n) is 8.50. The lowest BCUT2D eigenvalue weighted by Gasteiger charge is -2.31. The summed E-state index contributed by atoms with van der Waals surface area (Å²) in [4.78, 5) is 15.0. The highest BCUT2D eigenvalue weighted by atomic mass is 16.5. The van der Waals surface area contributed by atoms with E-state index in [9.17, 15) is 4.79 Å². The van der Waals surface area contributed by atoms with E-state index in [0.717, 1.165) is 29.8 Å². The van der Waals surface area contributed by atoms with Crippen molar-refractivity contribution in [2.45, 2.75) is 26.8 Å². The number of aryl methyl sites for hydroxylation is 1. The van der Waals surface area contributed by atoms with E-state index < -0.39 is 0 Å². The van der Waals surface area contributed by atoms with Crippen LogP contribution in [0.4, 0.5) is 0 Å². The Kier molecular flexibility index (Phi) is 4.88. The molecule has 2 aromatic rings. The summed E-state index contributed by atoms with van der Waals surface area (Å²) < 4.78 is 7.57. The molecule has 0 aliphatic carbocycles. The molecular formula is C19H25N3O2. The number of benzene rings is 1. The van der Waals surface area contributed by atoms with E-state index in [1.807, 2.05) is 48.6 Å². The number of hydrogen-bond donors (Lipinski definition) is 0. The van der Waals surface area contributed by atoms with Crippen molar-refractivity contribution in [2.24, 2.45) is 18.9 Å². The first kappa shape index (κ1) is 16.6. The van der Waals surface area contributed by atoms with Crippen LogP contribution in [0, 0.1) is 11.8 Å². The molecule has 1 aliphatic heterocycles. The molecule has 24 heavy (non-hydrogen) atoms. The third-order valence-corrected chi connectivity index (χ3v) is 4.26. The van der Waals surface area contributed by atoms with Crippen LogP contribution < -0.4 is 4.74 Å². The van der Waals surface area contributed by atoms with Gasteiger partial charge in [-0.15, -0.1) is 0 Å². The number of para-hydroxylation sites is 1. The summed E-state index contributed by atoms with van der Waals surface area (Å²) in [5.74, 6) is 1.38. The number of nitrogens with zero attached hydrogens (tertiary/aromatic N) is 3. The first-order chi connectivity index (χ1) is 11.5. The van der Waals surface area contributed by atoms with Crippen LogP contribution in [0.15, 0.2) is 36.7 Å². The number of amides is 1. The molecule has 1 aliphatic rings. The Bertz CT molecular complexity index is 708. The quantitative estimate of drug-likeness (QED) is 0.848. The van der Waals surface area contributed by atoms with Crippen molar-refractivity contribution < 1.29 is 9.53 Å². The van der Waals surface area contributed by atoms with Gasteiger partial charge in [-0.3, -0.25) is 9.48 Å². The third kappa shape index (κ3) is 3.78. The Balaban J connectivity index is 1.73. The molecule has 0 N–H and O–H groups in total. The molecule has 1 aromatic carbocycles. The summed E-state index contributed by atoms with van der Waals surface area (Å²) in [5, 5.41) is 4.20. The minimum atomic E-state index is -0.115. The summed E-state index contributed by atoms with van der Waals surface area (Å²) in [7, 11) is 1.89. The standard InChI is InChI=1S/C19H25N3O2/c1-14(2)10-22(12-15-9-20-21(3)11-15)19(23)17-8-16-6-4-5-7-18(16)24-13-17/h4-7,9,11,14,17H,8,10,12-13H2,1-3H3/t17-/m1/s1. The van der Waals surface area contributed by atoms with Gasteiger partial charge in [0.05, 0.1) is 12.1 Å². The van der Waals surface area contributed by atoms with Crippen molar-refractivity contribution in [1.82, 2.24) is 14.7 Å². The van der Waals surface area contributed by atoms with Crippen LogP contribution in [-0.2, 0) is 24.8 Å². The molecular weight excluding hydrogens is 302 g/mol. The van der Waals surface area contributed by atoms with Crippen LogP contribution in [-0.4, -0.2) is 33.7 Å². The van der Waals surface area contributed by atoms with Crippen LogP contribution in [0.1, 0.15) is 25.0 Å². The lowest BCUT2D eigenvalue weighted by atomic mass is 9.95. The molecule has 0 unspecified atom stereocenters. The molecule has 5 heteroatoms. The molecule has 128 valence electrons. The lowest BCUT2D eigenvalue weighted by Crippen LogP contribution is -2.42. The minimum Gasteiger partial charge on any atom is -0.492 e. The van der Waals surface area contributed by atoms with Gasteiger partial charge in [-0.25, -0.2) is 0 Å². The second-order valence-electron chi connectivity index (χ2n) is 6.95. The second kappa shape index (κ2) is 7.07. The topological polar surface area (TPSA) is 47.4 Å². The number of aromatic nitrogens is 2. The van der Waals surface area contributed by atoms with Gasteiger partial charge in [-0.1, -0.05) is 32.0 Å². The molecule has 3 rings (SSSR count). The van der Waals surface area contributed by atoms with E-state index in [0.29, 0.717) is 19.1 Å².